The molecule has 1 unspecified atom stereocenters. The molecule has 0 aromatic heterocycles. The van der Waals surface area contributed by atoms with Crippen molar-refractivity contribution >= 4 is 5.69 Å². The third-order valence-electron chi connectivity index (χ3n) is 2.17. The van der Waals surface area contributed by atoms with Crippen molar-refractivity contribution in [2.45, 2.75) is 19.6 Å². The lowest BCUT2D eigenvalue weighted by molar-refractivity contribution is -0.385. The summed E-state index contributed by atoms with van der Waals surface area (Å²) in [4.78, 5) is 10.2. The minimum atomic E-state index is -0.458. The summed E-state index contributed by atoms with van der Waals surface area (Å²) in [7, 11) is 1.46. The van der Waals surface area contributed by atoms with E-state index in [-0.39, 0.29) is 5.69 Å². The summed E-state index contributed by atoms with van der Waals surface area (Å²) >= 11 is 0. The Bertz CT molecular complexity index is 393. The van der Waals surface area contributed by atoms with Crippen LogP contribution in [-0.4, -0.2) is 29.8 Å². The SMILES string of the molecule is COc1cc(CNCC(C)O)cc([N+](=O)[O-])c1. The summed E-state index contributed by atoms with van der Waals surface area (Å²) in [6.45, 7) is 2.55. The predicted molar refractivity (Wildman–Crippen MR) is 63.0 cm³/mol. The number of nitro benzene ring substituents is 1. The molecule has 1 aromatic rings. The molecule has 0 bridgehead atoms. The van der Waals surface area contributed by atoms with Crippen LogP contribution < -0.4 is 10.1 Å². The Morgan fingerprint density at radius 1 is 1.53 bits per heavy atom. The van der Waals surface area contributed by atoms with E-state index in [1.807, 2.05) is 0 Å². The van der Waals surface area contributed by atoms with Gasteiger partial charge in [-0.3, -0.25) is 10.1 Å². The monoisotopic (exact) mass is 240 g/mol. The zero-order valence-corrected chi connectivity index (χ0v) is 9.84. The van der Waals surface area contributed by atoms with Crippen LogP contribution in [0.15, 0.2) is 18.2 Å². The molecule has 0 fully saturated rings. The minimum absolute atomic E-state index is 0.00167. The van der Waals surface area contributed by atoms with Gasteiger partial charge in [0.1, 0.15) is 5.75 Å². The van der Waals surface area contributed by atoms with Gasteiger partial charge in [0, 0.05) is 19.2 Å². The number of ether oxygens (including phenoxy) is 1. The largest absolute Gasteiger partial charge is 0.496 e. The molecule has 0 spiro atoms. The number of hydrogen-bond acceptors (Lipinski definition) is 5. The van der Waals surface area contributed by atoms with Crippen LogP contribution in [0.3, 0.4) is 0 Å². The number of nitrogens with zero attached hydrogens (tertiary/aromatic N) is 1. The standard InChI is InChI=1S/C11H16N2O4/c1-8(14)6-12-7-9-3-10(13(15)16)5-11(4-9)17-2/h3-5,8,12,14H,6-7H2,1-2H3. The van der Waals surface area contributed by atoms with Crippen LogP contribution in [0, 0.1) is 10.1 Å². The van der Waals surface area contributed by atoms with Crippen molar-refractivity contribution in [3.05, 3.63) is 33.9 Å². The maximum Gasteiger partial charge on any atom is 0.273 e. The van der Waals surface area contributed by atoms with Crippen molar-refractivity contribution in [3.8, 4) is 5.75 Å². The first kappa shape index (κ1) is 13.4. The number of nitro groups is 1. The Morgan fingerprint density at radius 3 is 2.76 bits per heavy atom. The fourth-order valence-corrected chi connectivity index (χ4v) is 1.39. The summed E-state index contributed by atoms with van der Waals surface area (Å²) in [5.74, 6) is 0.452. The lowest BCUT2D eigenvalue weighted by atomic mass is 10.2. The van der Waals surface area contributed by atoms with Gasteiger partial charge in [-0.1, -0.05) is 0 Å². The Balaban J connectivity index is 2.76. The van der Waals surface area contributed by atoms with Gasteiger partial charge in [-0.15, -0.1) is 0 Å². The maximum atomic E-state index is 10.7. The van der Waals surface area contributed by atoms with E-state index in [4.69, 9.17) is 9.84 Å². The first-order chi connectivity index (χ1) is 8.02. The summed E-state index contributed by atoms with van der Waals surface area (Å²) in [6.07, 6.45) is -0.449. The van der Waals surface area contributed by atoms with Gasteiger partial charge in [0.05, 0.1) is 24.2 Å². The molecular formula is C11H16N2O4. The third-order valence-corrected chi connectivity index (χ3v) is 2.17. The van der Waals surface area contributed by atoms with Gasteiger partial charge in [-0.25, -0.2) is 0 Å². The Hall–Kier alpha value is -1.66. The summed E-state index contributed by atoms with van der Waals surface area (Å²) in [6, 6.07) is 4.58. The van der Waals surface area contributed by atoms with Gasteiger partial charge >= 0.3 is 0 Å². The molecule has 0 amide bonds. The van der Waals surface area contributed by atoms with Crippen LogP contribution in [0.2, 0.25) is 0 Å². The number of aliphatic hydroxyl groups is 1. The molecule has 6 nitrogen and oxygen atoms in total. The molecule has 94 valence electrons. The Kier molecular flexibility index (Phi) is 4.86. The lowest BCUT2D eigenvalue weighted by Gasteiger charge is -2.08. The van der Waals surface area contributed by atoms with Crippen LogP contribution in [-0.2, 0) is 6.54 Å². The summed E-state index contributed by atoms with van der Waals surface area (Å²) < 4.78 is 4.99. The van der Waals surface area contributed by atoms with Crippen LogP contribution >= 0.6 is 0 Å². The first-order valence-corrected chi connectivity index (χ1v) is 5.24. The number of rotatable bonds is 6. The lowest BCUT2D eigenvalue weighted by Crippen LogP contribution is -2.23. The molecule has 0 aliphatic rings. The second-order valence-corrected chi connectivity index (χ2v) is 3.78. The van der Waals surface area contributed by atoms with E-state index in [2.05, 4.69) is 5.32 Å². The fraction of sp³-hybridized carbons (Fsp3) is 0.455. The van der Waals surface area contributed by atoms with Crippen molar-refractivity contribution < 1.29 is 14.8 Å². The first-order valence-electron chi connectivity index (χ1n) is 5.24. The number of aliphatic hydroxyl groups excluding tert-OH is 1. The normalized spacial score (nSPS) is 12.2. The Labute approximate surface area is 99.4 Å². The zero-order valence-electron chi connectivity index (χ0n) is 9.84. The molecule has 0 saturated carbocycles. The van der Waals surface area contributed by atoms with E-state index < -0.39 is 11.0 Å². The average Bonchev–Trinajstić information content (AvgIpc) is 2.28. The van der Waals surface area contributed by atoms with E-state index in [0.717, 1.165) is 5.56 Å². The molecule has 2 N–H and O–H groups in total. The highest BCUT2D eigenvalue weighted by Gasteiger charge is 2.10. The van der Waals surface area contributed by atoms with Gasteiger partial charge in [-0.05, 0) is 18.6 Å². The molecule has 0 aliphatic heterocycles. The molecule has 1 atom stereocenters. The molecule has 0 saturated heterocycles. The molecule has 0 radical (unpaired) electrons. The molecule has 6 heteroatoms. The maximum absolute atomic E-state index is 10.7. The number of methoxy groups -OCH3 is 1. The molecule has 1 rings (SSSR count). The number of non-ortho nitro benzene ring substituents is 1. The van der Waals surface area contributed by atoms with Crippen molar-refractivity contribution in [1.82, 2.24) is 5.32 Å². The summed E-state index contributed by atoms with van der Waals surface area (Å²) in [5.41, 5.74) is 0.745. The minimum Gasteiger partial charge on any atom is -0.496 e. The molecule has 17 heavy (non-hydrogen) atoms. The highest BCUT2D eigenvalue weighted by atomic mass is 16.6. The zero-order chi connectivity index (χ0) is 12.8. The average molecular weight is 240 g/mol. The van der Waals surface area contributed by atoms with Crippen LogP contribution in [0.4, 0.5) is 5.69 Å². The highest BCUT2D eigenvalue weighted by Crippen LogP contribution is 2.22. The van der Waals surface area contributed by atoms with Crippen molar-refractivity contribution in [2.24, 2.45) is 0 Å². The third kappa shape index (κ3) is 4.38. The van der Waals surface area contributed by atoms with Gasteiger partial charge in [-0.2, -0.15) is 0 Å². The van der Waals surface area contributed by atoms with Gasteiger partial charge in [0.25, 0.3) is 5.69 Å². The second-order valence-electron chi connectivity index (χ2n) is 3.78. The van der Waals surface area contributed by atoms with Crippen molar-refractivity contribution in [3.63, 3.8) is 0 Å². The second kappa shape index (κ2) is 6.17. The van der Waals surface area contributed by atoms with Crippen LogP contribution in [0.25, 0.3) is 0 Å². The van der Waals surface area contributed by atoms with Gasteiger partial charge in [0.15, 0.2) is 0 Å². The quantitative estimate of drug-likeness (QED) is 0.574. The number of nitrogens with one attached hydrogen (secondary N) is 1. The highest BCUT2D eigenvalue weighted by molar-refractivity contribution is 5.42. The van der Waals surface area contributed by atoms with E-state index in [9.17, 15) is 10.1 Å². The van der Waals surface area contributed by atoms with E-state index >= 15 is 0 Å². The molecule has 0 heterocycles. The number of benzene rings is 1. The van der Waals surface area contributed by atoms with Crippen molar-refractivity contribution in [1.29, 1.82) is 0 Å². The van der Waals surface area contributed by atoms with Gasteiger partial charge < -0.3 is 15.2 Å². The number of hydrogen-bond donors (Lipinski definition) is 2. The van der Waals surface area contributed by atoms with Crippen LogP contribution in [0.1, 0.15) is 12.5 Å². The van der Waals surface area contributed by atoms with E-state index in [0.29, 0.717) is 18.8 Å². The van der Waals surface area contributed by atoms with E-state index in [1.165, 1.54) is 19.2 Å². The smallest absolute Gasteiger partial charge is 0.273 e. The summed E-state index contributed by atoms with van der Waals surface area (Å²) in [5, 5.41) is 22.8. The Morgan fingerprint density at radius 2 is 2.24 bits per heavy atom. The fourth-order valence-electron chi connectivity index (χ4n) is 1.39. The van der Waals surface area contributed by atoms with E-state index in [1.54, 1.807) is 13.0 Å². The van der Waals surface area contributed by atoms with Crippen LogP contribution in [0.5, 0.6) is 5.75 Å². The van der Waals surface area contributed by atoms with Crippen molar-refractivity contribution in [2.75, 3.05) is 13.7 Å². The molecule has 0 aliphatic carbocycles. The van der Waals surface area contributed by atoms with Gasteiger partial charge in [0.2, 0.25) is 0 Å². The molecule has 1 aromatic carbocycles. The predicted octanol–water partition coefficient (Wildman–Crippen LogP) is 1.07. The topological polar surface area (TPSA) is 84.6 Å². The molecular weight excluding hydrogens is 224 g/mol.